The summed E-state index contributed by atoms with van der Waals surface area (Å²) in [7, 11) is 0. The number of aliphatic carboxylic acids is 1. The lowest BCUT2D eigenvalue weighted by Crippen LogP contribution is -2.00. The number of carboxylic acid groups (broad SMARTS) is 1. The fraction of sp³-hybridized carbons (Fsp3) is 0.227. The minimum absolute atomic E-state index is 0.0220. The molecule has 1 heterocycles. The van der Waals surface area contributed by atoms with Gasteiger partial charge in [-0.2, -0.15) is 0 Å². The molecule has 0 atom stereocenters. The summed E-state index contributed by atoms with van der Waals surface area (Å²) in [5.74, 6) is -0.0191. The van der Waals surface area contributed by atoms with Crippen molar-refractivity contribution in [2.75, 3.05) is 6.61 Å². The average molecular weight is 444 g/mol. The van der Waals surface area contributed by atoms with Gasteiger partial charge in [0, 0.05) is 6.42 Å². The van der Waals surface area contributed by atoms with Crippen molar-refractivity contribution in [1.82, 2.24) is 10.2 Å². The second-order valence-corrected chi connectivity index (χ2v) is 7.28. The Morgan fingerprint density at radius 1 is 1.13 bits per heavy atom. The third-order valence-electron chi connectivity index (χ3n) is 4.03. The van der Waals surface area contributed by atoms with Crippen LogP contribution in [0.15, 0.2) is 57.0 Å². The molecule has 0 saturated heterocycles. The van der Waals surface area contributed by atoms with Crippen LogP contribution >= 0.6 is 11.8 Å². The van der Waals surface area contributed by atoms with E-state index in [-0.39, 0.29) is 22.6 Å². The van der Waals surface area contributed by atoms with E-state index in [9.17, 15) is 14.3 Å². The van der Waals surface area contributed by atoms with E-state index in [1.165, 1.54) is 18.2 Å². The van der Waals surface area contributed by atoms with Gasteiger partial charge >= 0.3 is 5.97 Å². The molecule has 3 rings (SSSR count). The fourth-order valence-electron chi connectivity index (χ4n) is 2.55. The molecular weight excluding hydrogens is 423 g/mol. The van der Waals surface area contributed by atoms with Crippen molar-refractivity contribution in [3.05, 3.63) is 70.2 Å². The topological polar surface area (TPSA) is 94.7 Å². The lowest BCUT2D eigenvalue weighted by Gasteiger charge is -2.13. The fourth-order valence-corrected chi connectivity index (χ4v) is 3.24. The molecule has 1 N–H and O–H groups in total. The summed E-state index contributed by atoms with van der Waals surface area (Å²) in [6, 6.07) is 11.1. The highest BCUT2D eigenvalue weighted by atomic mass is 32.2. The maximum atomic E-state index is 13.1. The Balaban J connectivity index is 1.79. The van der Waals surface area contributed by atoms with Crippen molar-refractivity contribution >= 4 is 23.8 Å². The van der Waals surface area contributed by atoms with Crippen molar-refractivity contribution in [3.8, 4) is 11.5 Å². The Hall–Kier alpha value is -3.33. The van der Waals surface area contributed by atoms with Crippen LogP contribution in [0.25, 0.3) is 6.08 Å². The highest BCUT2D eigenvalue weighted by molar-refractivity contribution is 8.03. The van der Waals surface area contributed by atoms with Gasteiger partial charge < -0.3 is 19.0 Å². The van der Waals surface area contributed by atoms with Gasteiger partial charge in [0.15, 0.2) is 11.5 Å². The predicted molar refractivity (Wildman–Crippen MR) is 113 cm³/mol. The Bertz CT molecular complexity index is 1070. The van der Waals surface area contributed by atoms with Crippen LogP contribution < -0.4 is 9.47 Å². The molecule has 0 bridgehead atoms. The van der Waals surface area contributed by atoms with E-state index in [4.69, 9.17) is 13.9 Å². The van der Waals surface area contributed by atoms with E-state index in [1.54, 1.807) is 30.3 Å². The Morgan fingerprint density at radius 3 is 2.55 bits per heavy atom. The van der Waals surface area contributed by atoms with Crippen LogP contribution in [0.2, 0.25) is 0 Å². The summed E-state index contributed by atoms with van der Waals surface area (Å²) >= 11 is 0.879. The number of nitrogens with zero attached hydrogens (tertiary/aromatic N) is 2. The SMILES string of the molecule is CCOc1cc(/C=C(\Sc2nnc(CC)o2)C(=O)O)ccc1OCc1ccc(F)cc1. The first-order valence-electron chi connectivity index (χ1n) is 9.57. The van der Waals surface area contributed by atoms with E-state index in [1.807, 2.05) is 13.8 Å². The minimum atomic E-state index is -1.11. The Morgan fingerprint density at radius 2 is 1.90 bits per heavy atom. The van der Waals surface area contributed by atoms with Crippen molar-refractivity contribution < 1.29 is 28.2 Å². The van der Waals surface area contributed by atoms with E-state index in [0.29, 0.717) is 36.0 Å². The molecule has 7 nitrogen and oxygen atoms in total. The van der Waals surface area contributed by atoms with E-state index < -0.39 is 5.97 Å². The predicted octanol–water partition coefficient (Wildman–Crippen LogP) is 4.97. The molecular formula is C22H21FN2O5S. The summed E-state index contributed by atoms with van der Waals surface area (Å²) in [6.07, 6.45) is 2.06. The molecule has 0 radical (unpaired) electrons. The smallest absolute Gasteiger partial charge is 0.342 e. The van der Waals surface area contributed by atoms with Gasteiger partial charge in [0.05, 0.1) is 6.61 Å². The Kier molecular flexibility index (Phi) is 7.66. The van der Waals surface area contributed by atoms with E-state index in [2.05, 4.69) is 10.2 Å². The molecule has 0 aliphatic rings. The second-order valence-electron chi connectivity index (χ2n) is 6.29. The van der Waals surface area contributed by atoms with Crippen LogP contribution in [0.4, 0.5) is 4.39 Å². The molecule has 0 unspecified atom stereocenters. The molecule has 0 fully saturated rings. The van der Waals surface area contributed by atoms with Gasteiger partial charge in [-0.25, -0.2) is 9.18 Å². The zero-order valence-corrected chi connectivity index (χ0v) is 17.8. The molecule has 3 aromatic rings. The van der Waals surface area contributed by atoms with Gasteiger partial charge in [-0.15, -0.1) is 10.2 Å². The van der Waals surface area contributed by atoms with Gasteiger partial charge in [-0.3, -0.25) is 0 Å². The second kappa shape index (κ2) is 10.6. The average Bonchev–Trinajstić information content (AvgIpc) is 3.22. The van der Waals surface area contributed by atoms with Crippen LogP contribution in [0, 0.1) is 5.82 Å². The maximum absolute atomic E-state index is 13.1. The number of hydrogen-bond acceptors (Lipinski definition) is 7. The lowest BCUT2D eigenvalue weighted by atomic mass is 10.2. The highest BCUT2D eigenvalue weighted by Crippen LogP contribution is 2.32. The first-order valence-corrected chi connectivity index (χ1v) is 10.4. The zero-order chi connectivity index (χ0) is 22.2. The summed E-state index contributed by atoms with van der Waals surface area (Å²) < 4.78 is 29.9. The number of carboxylic acids is 1. The number of thioether (sulfide) groups is 1. The van der Waals surface area contributed by atoms with Crippen LogP contribution in [0.5, 0.6) is 11.5 Å². The summed E-state index contributed by atoms with van der Waals surface area (Å²) in [5.41, 5.74) is 1.42. The number of benzene rings is 2. The largest absolute Gasteiger partial charge is 0.490 e. The molecule has 0 amide bonds. The standard InChI is InChI=1S/C22H21FN2O5S/c1-3-20-24-25-22(30-20)31-19(21(26)27)12-15-7-10-17(18(11-15)28-4-2)29-13-14-5-8-16(23)9-6-14/h5-12H,3-4,13H2,1-2H3,(H,26,27)/b19-12-. The van der Waals surface area contributed by atoms with Gasteiger partial charge in [-0.1, -0.05) is 25.1 Å². The van der Waals surface area contributed by atoms with Crippen LogP contribution in [-0.2, 0) is 17.8 Å². The molecule has 0 aliphatic carbocycles. The molecule has 0 spiro atoms. The van der Waals surface area contributed by atoms with E-state index in [0.717, 1.165) is 17.3 Å². The lowest BCUT2D eigenvalue weighted by molar-refractivity contribution is -0.131. The molecule has 1 aromatic heterocycles. The summed E-state index contributed by atoms with van der Waals surface area (Å²) in [4.78, 5) is 11.7. The minimum Gasteiger partial charge on any atom is -0.490 e. The molecule has 31 heavy (non-hydrogen) atoms. The van der Waals surface area contributed by atoms with Crippen molar-refractivity contribution in [2.45, 2.75) is 32.1 Å². The first-order chi connectivity index (χ1) is 15.0. The number of carbonyl (C=O) groups is 1. The first kappa shape index (κ1) is 22.4. The number of rotatable bonds is 10. The molecule has 0 saturated carbocycles. The number of hydrogen-bond donors (Lipinski definition) is 1. The third kappa shape index (κ3) is 6.32. The van der Waals surface area contributed by atoms with Crippen LogP contribution in [0.3, 0.4) is 0 Å². The Labute approximate surface area is 182 Å². The van der Waals surface area contributed by atoms with Crippen LogP contribution in [-0.4, -0.2) is 27.9 Å². The van der Waals surface area contributed by atoms with Gasteiger partial charge in [0.25, 0.3) is 5.22 Å². The molecule has 0 aliphatic heterocycles. The summed E-state index contributed by atoms with van der Waals surface area (Å²) in [5, 5.41) is 17.4. The van der Waals surface area contributed by atoms with Crippen molar-refractivity contribution in [1.29, 1.82) is 0 Å². The molecule has 9 heteroatoms. The molecule has 2 aromatic carbocycles. The van der Waals surface area contributed by atoms with Crippen molar-refractivity contribution in [2.24, 2.45) is 0 Å². The quantitative estimate of drug-likeness (QED) is 0.346. The number of aromatic nitrogens is 2. The maximum Gasteiger partial charge on any atom is 0.342 e. The van der Waals surface area contributed by atoms with Crippen molar-refractivity contribution in [3.63, 3.8) is 0 Å². The third-order valence-corrected chi connectivity index (χ3v) is 4.88. The molecule has 162 valence electrons. The number of ether oxygens (including phenoxy) is 2. The highest BCUT2D eigenvalue weighted by Gasteiger charge is 2.16. The van der Waals surface area contributed by atoms with Gasteiger partial charge in [-0.05, 0) is 60.2 Å². The zero-order valence-electron chi connectivity index (χ0n) is 17.0. The van der Waals surface area contributed by atoms with E-state index >= 15 is 0 Å². The normalized spacial score (nSPS) is 11.4. The summed E-state index contributed by atoms with van der Waals surface area (Å²) in [6.45, 7) is 4.35. The number of halogens is 1. The monoisotopic (exact) mass is 444 g/mol. The van der Waals surface area contributed by atoms with Gasteiger partial charge in [0.1, 0.15) is 17.3 Å². The van der Waals surface area contributed by atoms with Crippen LogP contribution in [0.1, 0.15) is 30.9 Å². The number of aryl methyl sites for hydroxylation is 1. The van der Waals surface area contributed by atoms with Gasteiger partial charge in [0.2, 0.25) is 5.89 Å².